The molecule has 0 aliphatic carbocycles. The lowest BCUT2D eigenvalue weighted by atomic mass is 10.0. The van der Waals surface area contributed by atoms with Crippen LogP contribution in [0.3, 0.4) is 0 Å². The Bertz CT molecular complexity index is 508. The first kappa shape index (κ1) is 13.0. The number of anilines is 1. The van der Waals surface area contributed by atoms with Gasteiger partial charge < -0.3 is 5.32 Å². The fourth-order valence-corrected chi connectivity index (χ4v) is 2.22. The van der Waals surface area contributed by atoms with E-state index >= 15 is 0 Å². The van der Waals surface area contributed by atoms with Crippen molar-refractivity contribution in [3.8, 4) is 0 Å². The summed E-state index contributed by atoms with van der Waals surface area (Å²) in [7, 11) is 0. The number of aryl methyl sites for hydroxylation is 1. The van der Waals surface area contributed by atoms with Gasteiger partial charge in [0.2, 0.25) is 0 Å². The smallest absolute Gasteiger partial charge is 0.0637 e. The van der Waals surface area contributed by atoms with Crippen molar-refractivity contribution < 1.29 is 0 Å². The lowest BCUT2D eigenvalue weighted by molar-refractivity contribution is 0.749. The van der Waals surface area contributed by atoms with Gasteiger partial charge in [0.25, 0.3) is 0 Å². The van der Waals surface area contributed by atoms with E-state index < -0.39 is 0 Å². The predicted molar refractivity (Wildman–Crippen MR) is 79.3 cm³/mol. The standard InChI is InChI=1S/C16H18ClN/c1-3-15(13-7-5-4-6-8-13)18-16-11-12(2)9-10-14(16)17/h4-11,15,18H,3H2,1-2H3. The van der Waals surface area contributed by atoms with E-state index in [0.717, 1.165) is 17.1 Å². The third-order valence-corrected chi connectivity index (χ3v) is 3.39. The van der Waals surface area contributed by atoms with Gasteiger partial charge in [-0.3, -0.25) is 0 Å². The van der Waals surface area contributed by atoms with Crippen LogP contribution in [0.25, 0.3) is 0 Å². The van der Waals surface area contributed by atoms with Gasteiger partial charge in [-0.25, -0.2) is 0 Å². The van der Waals surface area contributed by atoms with Crippen LogP contribution in [0.5, 0.6) is 0 Å². The molecule has 1 atom stereocenters. The van der Waals surface area contributed by atoms with Crippen LogP contribution >= 0.6 is 11.6 Å². The molecule has 0 bridgehead atoms. The molecule has 0 saturated carbocycles. The highest BCUT2D eigenvalue weighted by Gasteiger charge is 2.10. The van der Waals surface area contributed by atoms with E-state index in [0.29, 0.717) is 6.04 Å². The minimum Gasteiger partial charge on any atom is -0.377 e. The number of rotatable bonds is 4. The van der Waals surface area contributed by atoms with Crippen molar-refractivity contribution in [2.24, 2.45) is 0 Å². The summed E-state index contributed by atoms with van der Waals surface area (Å²) < 4.78 is 0. The fraction of sp³-hybridized carbons (Fsp3) is 0.250. The maximum Gasteiger partial charge on any atom is 0.0637 e. The maximum atomic E-state index is 6.22. The Labute approximate surface area is 114 Å². The lowest BCUT2D eigenvalue weighted by Gasteiger charge is -2.20. The summed E-state index contributed by atoms with van der Waals surface area (Å²) in [5.74, 6) is 0. The van der Waals surface area contributed by atoms with Crippen LogP contribution < -0.4 is 5.32 Å². The highest BCUT2D eigenvalue weighted by Crippen LogP contribution is 2.28. The van der Waals surface area contributed by atoms with Crippen LogP contribution in [-0.2, 0) is 0 Å². The number of hydrogen-bond acceptors (Lipinski definition) is 1. The van der Waals surface area contributed by atoms with Crippen LogP contribution in [0.4, 0.5) is 5.69 Å². The molecule has 2 aromatic carbocycles. The van der Waals surface area contributed by atoms with E-state index in [2.05, 4.69) is 49.5 Å². The summed E-state index contributed by atoms with van der Waals surface area (Å²) in [5.41, 5.74) is 3.51. The van der Waals surface area contributed by atoms with Crippen molar-refractivity contribution >= 4 is 17.3 Å². The van der Waals surface area contributed by atoms with Crippen molar-refractivity contribution in [2.45, 2.75) is 26.3 Å². The van der Waals surface area contributed by atoms with E-state index in [4.69, 9.17) is 11.6 Å². The lowest BCUT2D eigenvalue weighted by Crippen LogP contribution is -2.09. The molecule has 0 spiro atoms. The van der Waals surface area contributed by atoms with Gasteiger partial charge in [0.15, 0.2) is 0 Å². The zero-order chi connectivity index (χ0) is 13.0. The number of nitrogens with one attached hydrogen (secondary N) is 1. The van der Waals surface area contributed by atoms with Gasteiger partial charge in [-0.2, -0.15) is 0 Å². The molecular weight excluding hydrogens is 242 g/mol. The Kier molecular flexibility index (Phi) is 4.27. The SMILES string of the molecule is CCC(Nc1cc(C)ccc1Cl)c1ccccc1. The first-order chi connectivity index (χ1) is 8.70. The molecule has 0 radical (unpaired) electrons. The van der Waals surface area contributed by atoms with Crippen LogP contribution in [0.15, 0.2) is 48.5 Å². The van der Waals surface area contributed by atoms with E-state index in [1.54, 1.807) is 0 Å². The number of halogens is 1. The van der Waals surface area contributed by atoms with Crippen molar-refractivity contribution in [1.29, 1.82) is 0 Å². The van der Waals surface area contributed by atoms with Gasteiger partial charge in [-0.15, -0.1) is 0 Å². The topological polar surface area (TPSA) is 12.0 Å². The molecule has 2 heteroatoms. The molecule has 1 N–H and O–H groups in total. The molecule has 0 amide bonds. The minimum absolute atomic E-state index is 0.297. The second kappa shape index (κ2) is 5.92. The monoisotopic (exact) mass is 259 g/mol. The predicted octanol–water partition coefficient (Wildman–Crippen LogP) is 5.21. The van der Waals surface area contributed by atoms with Crippen molar-refractivity contribution in [1.82, 2.24) is 0 Å². The van der Waals surface area contributed by atoms with E-state index in [1.807, 2.05) is 18.2 Å². The van der Waals surface area contributed by atoms with E-state index in [9.17, 15) is 0 Å². The summed E-state index contributed by atoms with van der Waals surface area (Å²) in [6.45, 7) is 4.25. The van der Waals surface area contributed by atoms with Crippen molar-refractivity contribution in [2.75, 3.05) is 5.32 Å². The first-order valence-electron chi connectivity index (χ1n) is 6.28. The Morgan fingerprint density at radius 2 is 1.83 bits per heavy atom. The highest BCUT2D eigenvalue weighted by atomic mass is 35.5. The minimum atomic E-state index is 0.297. The van der Waals surface area contributed by atoms with Crippen molar-refractivity contribution in [3.63, 3.8) is 0 Å². The maximum absolute atomic E-state index is 6.22. The number of benzene rings is 2. The average Bonchev–Trinajstić information content (AvgIpc) is 2.41. The summed E-state index contributed by atoms with van der Waals surface area (Å²) in [5, 5.41) is 4.30. The number of hydrogen-bond donors (Lipinski definition) is 1. The highest BCUT2D eigenvalue weighted by molar-refractivity contribution is 6.33. The zero-order valence-electron chi connectivity index (χ0n) is 10.8. The normalized spacial score (nSPS) is 12.2. The van der Waals surface area contributed by atoms with Gasteiger partial charge in [-0.05, 0) is 36.6 Å². The molecule has 0 aromatic heterocycles. The van der Waals surface area contributed by atoms with Crippen LogP contribution in [0.2, 0.25) is 5.02 Å². The summed E-state index contributed by atoms with van der Waals surface area (Å²) in [6, 6.07) is 16.8. The quantitative estimate of drug-likeness (QED) is 0.795. The Hall–Kier alpha value is -1.47. The van der Waals surface area contributed by atoms with Gasteiger partial charge in [0, 0.05) is 0 Å². The van der Waals surface area contributed by atoms with Crippen molar-refractivity contribution in [3.05, 3.63) is 64.7 Å². The molecule has 2 rings (SSSR count). The Morgan fingerprint density at radius 1 is 1.11 bits per heavy atom. The van der Waals surface area contributed by atoms with Gasteiger partial charge in [-0.1, -0.05) is 54.9 Å². The average molecular weight is 260 g/mol. The second-order valence-corrected chi connectivity index (χ2v) is 4.91. The molecule has 0 aliphatic heterocycles. The largest absolute Gasteiger partial charge is 0.377 e. The molecule has 1 nitrogen and oxygen atoms in total. The fourth-order valence-electron chi connectivity index (χ4n) is 2.04. The molecule has 18 heavy (non-hydrogen) atoms. The molecule has 94 valence electrons. The Morgan fingerprint density at radius 3 is 2.50 bits per heavy atom. The van der Waals surface area contributed by atoms with Crippen LogP contribution in [0, 0.1) is 6.92 Å². The summed E-state index contributed by atoms with van der Waals surface area (Å²) in [6.07, 6.45) is 1.02. The second-order valence-electron chi connectivity index (χ2n) is 4.50. The first-order valence-corrected chi connectivity index (χ1v) is 6.66. The van der Waals surface area contributed by atoms with E-state index in [-0.39, 0.29) is 0 Å². The summed E-state index contributed by atoms with van der Waals surface area (Å²) in [4.78, 5) is 0. The summed E-state index contributed by atoms with van der Waals surface area (Å²) >= 11 is 6.22. The molecular formula is C16H18ClN. The van der Waals surface area contributed by atoms with Gasteiger partial charge in [0.1, 0.15) is 0 Å². The molecule has 0 saturated heterocycles. The molecule has 0 fully saturated rings. The van der Waals surface area contributed by atoms with E-state index in [1.165, 1.54) is 11.1 Å². The molecule has 2 aromatic rings. The molecule has 1 unspecified atom stereocenters. The van der Waals surface area contributed by atoms with Crippen LogP contribution in [-0.4, -0.2) is 0 Å². The Balaban J connectivity index is 2.23. The molecule has 0 aliphatic rings. The third kappa shape index (κ3) is 3.05. The molecule has 0 heterocycles. The zero-order valence-corrected chi connectivity index (χ0v) is 11.5. The van der Waals surface area contributed by atoms with Gasteiger partial charge in [0.05, 0.1) is 16.8 Å². The third-order valence-electron chi connectivity index (χ3n) is 3.06. The van der Waals surface area contributed by atoms with Crippen LogP contribution in [0.1, 0.15) is 30.5 Å². The van der Waals surface area contributed by atoms with Gasteiger partial charge >= 0.3 is 0 Å².